The van der Waals surface area contributed by atoms with E-state index in [2.05, 4.69) is 12.2 Å². The van der Waals surface area contributed by atoms with Crippen molar-refractivity contribution in [3.05, 3.63) is 81.7 Å². The highest BCUT2D eigenvalue weighted by molar-refractivity contribution is 6.07. The van der Waals surface area contributed by atoms with Crippen molar-refractivity contribution in [3.8, 4) is 0 Å². The largest absolute Gasteiger partial charge is 0.423 e. The predicted molar refractivity (Wildman–Crippen MR) is 119 cm³/mol. The number of imide groups is 1. The number of fused-ring (bicyclic) bond motifs is 1. The molecule has 0 aliphatic carbocycles. The van der Waals surface area contributed by atoms with Gasteiger partial charge in [-0.05, 0) is 35.6 Å². The van der Waals surface area contributed by atoms with Crippen LogP contribution in [0.4, 0.5) is 4.79 Å². The Morgan fingerprint density at radius 2 is 1.77 bits per heavy atom. The number of aryl methyl sites for hydroxylation is 1. The number of benzene rings is 2. The van der Waals surface area contributed by atoms with Gasteiger partial charge in [0.15, 0.2) is 0 Å². The van der Waals surface area contributed by atoms with E-state index in [0.717, 1.165) is 35.8 Å². The highest BCUT2D eigenvalue weighted by atomic mass is 16.4. The first-order valence-corrected chi connectivity index (χ1v) is 10.7. The van der Waals surface area contributed by atoms with Crippen LogP contribution in [-0.4, -0.2) is 16.8 Å². The third kappa shape index (κ3) is 3.74. The minimum absolute atomic E-state index is 0.0128. The first-order valence-electron chi connectivity index (χ1n) is 10.7. The Bertz CT molecular complexity index is 1190. The molecule has 1 N–H and O–H groups in total. The van der Waals surface area contributed by atoms with Crippen molar-refractivity contribution in [1.29, 1.82) is 0 Å². The minimum atomic E-state index is -1.08. The van der Waals surface area contributed by atoms with Crippen molar-refractivity contribution in [1.82, 2.24) is 10.2 Å². The third-order valence-corrected chi connectivity index (χ3v) is 5.98. The summed E-state index contributed by atoms with van der Waals surface area (Å²) < 4.78 is 5.37. The standard InChI is InChI=1S/C25H26N2O4/c1-3-5-13-25(19-9-7-6-8-10-19)23(29)27(24(30)26-25)16-18-15-22(28)31-21-14-17(4-2)11-12-20(18)21/h6-12,14-15H,3-5,13,16H2,1-2H3,(H,26,30). The summed E-state index contributed by atoms with van der Waals surface area (Å²) in [6, 6.07) is 16.0. The molecule has 1 fully saturated rings. The molecule has 2 heterocycles. The first kappa shape index (κ1) is 20.8. The first-order chi connectivity index (χ1) is 15.0. The summed E-state index contributed by atoms with van der Waals surface area (Å²) in [7, 11) is 0. The van der Waals surface area contributed by atoms with Crippen LogP contribution in [0.15, 0.2) is 63.8 Å². The van der Waals surface area contributed by atoms with Gasteiger partial charge in [-0.1, -0.05) is 69.2 Å². The van der Waals surface area contributed by atoms with Gasteiger partial charge in [-0.15, -0.1) is 0 Å². The van der Waals surface area contributed by atoms with Gasteiger partial charge in [0, 0.05) is 11.5 Å². The lowest BCUT2D eigenvalue weighted by Gasteiger charge is -2.27. The zero-order valence-electron chi connectivity index (χ0n) is 17.8. The van der Waals surface area contributed by atoms with Crippen LogP contribution in [0.1, 0.15) is 49.8 Å². The van der Waals surface area contributed by atoms with Crippen LogP contribution in [0.5, 0.6) is 0 Å². The summed E-state index contributed by atoms with van der Waals surface area (Å²) in [6.45, 7) is 4.09. The number of nitrogens with one attached hydrogen (secondary N) is 1. The molecule has 3 amide bonds. The molecule has 160 valence electrons. The van der Waals surface area contributed by atoms with E-state index in [1.54, 1.807) is 0 Å². The fourth-order valence-electron chi connectivity index (χ4n) is 4.24. The van der Waals surface area contributed by atoms with Gasteiger partial charge < -0.3 is 9.73 Å². The van der Waals surface area contributed by atoms with Crippen molar-refractivity contribution in [2.24, 2.45) is 0 Å². The fourth-order valence-corrected chi connectivity index (χ4v) is 4.24. The average molecular weight is 418 g/mol. The van der Waals surface area contributed by atoms with Gasteiger partial charge in [-0.3, -0.25) is 9.69 Å². The fraction of sp³-hybridized carbons (Fsp3) is 0.320. The number of carbonyl (C=O) groups is 2. The molecule has 0 radical (unpaired) electrons. The average Bonchev–Trinajstić information content (AvgIpc) is 3.02. The summed E-state index contributed by atoms with van der Waals surface area (Å²) in [5.41, 5.74) is 1.30. The smallest absolute Gasteiger partial charge is 0.336 e. The number of amides is 3. The van der Waals surface area contributed by atoms with Crippen LogP contribution in [0.3, 0.4) is 0 Å². The quantitative estimate of drug-likeness (QED) is 0.453. The number of carbonyl (C=O) groups excluding carboxylic acids is 2. The van der Waals surface area contributed by atoms with Crippen molar-refractivity contribution in [2.45, 2.75) is 51.6 Å². The Labute approximate surface area is 180 Å². The maximum absolute atomic E-state index is 13.6. The molecule has 1 unspecified atom stereocenters. The van der Waals surface area contributed by atoms with Gasteiger partial charge in [0.05, 0.1) is 6.54 Å². The molecule has 4 rings (SSSR count). The predicted octanol–water partition coefficient (Wildman–Crippen LogP) is 4.49. The van der Waals surface area contributed by atoms with Crippen LogP contribution in [0.25, 0.3) is 11.0 Å². The second-order valence-electron chi connectivity index (χ2n) is 7.97. The van der Waals surface area contributed by atoms with Crippen LogP contribution < -0.4 is 10.9 Å². The Morgan fingerprint density at radius 1 is 1.00 bits per heavy atom. The molecule has 31 heavy (non-hydrogen) atoms. The lowest BCUT2D eigenvalue weighted by molar-refractivity contribution is -0.132. The summed E-state index contributed by atoms with van der Waals surface area (Å²) >= 11 is 0. The Kier molecular flexibility index (Phi) is 5.63. The van der Waals surface area contributed by atoms with E-state index in [9.17, 15) is 14.4 Å². The van der Waals surface area contributed by atoms with E-state index in [4.69, 9.17) is 4.42 Å². The third-order valence-electron chi connectivity index (χ3n) is 5.98. The number of hydrogen-bond donors (Lipinski definition) is 1. The van der Waals surface area contributed by atoms with Crippen molar-refractivity contribution in [3.63, 3.8) is 0 Å². The van der Waals surface area contributed by atoms with Crippen LogP contribution in [-0.2, 0) is 23.3 Å². The second kappa shape index (κ2) is 8.38. The molecule has 6 nitrogen and oxygen atoms in total. The summed E-state index contributed by atoms with van der Waals surface area (Å²) in [6.07, 6.45) is 3.04. The van der Waals surface area contributed by atoms with Crippen LogP contribution >= 0.6 is 0 Å². The number of urea groups is 1. The lowest BCUT2D eigenvalue weighted by Crippen LogP contribution is -2.44. The Morgan fingerprint density at radius 3 is 2.48 bits per heavy atom. The molecule has 1 atom stereocenters. The van der Waals surface area contributed by atoms with Crippen LogP contribution in [0, 0.1) is 0 Å². The molecule has 1 aliphatic rings. The van der Waals surface area contributed by atoms with Gasteiger partial charge in [0.1, 0.15) is 11.1 Å². The SMILES string of the molecule is CCCCC1(c2ccccc2)NC(=O)N(Cc2cc(=O)oc3cc(CC)ccc23)C1=O. The van der Waals surface area contributed by atoms with E-state index in [-0.39, 0.29) is 12.5 Å². The molecule has 0 bridgehead atoms. The molecular formula is C25H26N2O4. The molecule has 3 aromatic rings. The molecule has 0 saturated carbocycles. The molecule has 1 aliphatic heterocycles. The minimum Gasteiger partial charge on any atom is -0.423 e. The molecular weight excluding hydrogens is 392 g/mol. The summed E-state index contributed by atoms with van der Waals surface area (Å²) in [5, 5.41) is 3.68. The monoisotopic (exact) mass is 418 g/mol. The van der Waals surface area contributed by atoms with E-state index < -0.39 is 17.2 Å². The van der Waals surface area contributed by atoms with Crippen molar-refractivity contribution in [2.75, 3.05) is 0 Å². The van der Waals surface area contributed by atoms with E-state index in [1.165, 1.54) is 11.0 Å². The van der Waals surface area contributed by atoms with Gasteiger partial charge in [-0.25, -0.2) is 9.59 Å². The second-order valence-corrected chi connectivity index (χ2v) is 7.97. The van der Waals surface area contributed by atoms with Gasteiger partial charge in [-0.2, -0.15) is 0 Å². The topological polar surface area (TPSA) is 79.6 Å². The number of unbranched alkanes of at least 4 members (excludes halogenated alkanes) is 1. The number of hydrogen-bond acceptors (Lipinski definition) is 4. The lowest BCUT2D eigenvalue weighted by atomic mass is 9.85. The maximum atomic E-state index is 13.6. The number of rotatable bonds is 7. The normalized spacial score (nSPS) is 18.6. The van der Waals surface area contributed by atoms with E-state index in [0.29, 0.717) is 17.6 Å². The van der Waals surface area contributed by atoms with Crippen molar-refractivity contribution < 1.29 is 14.0 Å². The zero-order chi connectivity index (χ0) is 22.0. The summed E-state index contributed by atoms with van der Waals surface area (Å²) in [4.78, 5) is 39.9. The summed E-state index contributed by atoms with van der Waals surface area (Å²) in [5.74, 6) is -0.288. The van der Waals surface area contributed by atoms with Gasteiger partial charge in [0.2, 0.25) is 0 Å². The Hall–Kier alpha value is -3.41. The zero-order valence-corrected chi connectivity index (χ0v) is 17.8. The van der Waals surface area contributed by atoms with Gasteiger partial charge >= 0.3 is 11.7 Å². The highest BCUT2D eigenvalue weighted by Crippen LogP contribution is 2.35. The van der Waals surface area contributed by atoms with E-state index in [1.807, 2.05) is 55.5 Å². The highest BCUT2D eigenvalue weighted by Gasteiger charge is 2.51. The number of nitrogens with zero attached hydrogens (tertiary/aromatic N) is 1. The van der Waals surface area contributed by atoms with Crippen molar-refractivity contribution >= 4 is 22.9 Å². The molecule has 1 aromatic heterocycles. The molecule has 0 spiro atoms. The molecule has 6 heteroatoms. The van der Waals surface area contributed by atoms with Gasteiger partial charge in [0.25, 0.3) is 5.91 Å². The van der Waals surface area contributed by atoms with E-state index >= 15 is 0 Å². The molecule has 2 aromatic carbocycles. The molecule has 1 saturated heterocycles. The van der Waals surface area contributed by atoms with Crippen LogP contribution in [0.2, 0.25) is 0 Å². The Balaban J connectivity index is 1.74. The maximum Gasteiger partial charge on any atom is 0.336 e.